The zero-order valence-electron chi connectivity index (χ0n) is 19.0. The number of para-hydroxylation sites is 2. The molecule has 0 aliphatic rings. The zero-order chi connectivity index (χ0) is 22.8. The Morgan fingerprint density at radius 2 is 1.00 bits per heavy atom. The lowest BCUT2D eigenvalue weighted by molar-refractivity contribution is 0.948. The van der Waals surface area contributed by atoms with Crippen LogP contribution in [0.5, 0.6) is 0 Å². The van der Waals surface area contributed by atoms with Crippen LogP contribution < -0.4 is 0 Å². The molecule has 7 aromatic rings. The molecule has 0 aliphatic heterocycles. The Bertz CT molecular complexity index is 1750. The first-order valence-electron chi connectivity index (χ1n) is 11.4. The highest BCUT2D eigenvalue weighted by Crippen LogP contribution is 2.35. The van der Waals surface area contributed by atoms with Crippen LogP contribution in [-0.4, -0.2) is 19.1 Å². The molecular weight excluding hydrogens is 416 g/mol. The summed E-state index contributed by atoms with van der Waals surface area (Å²) in [5.74, 6) is 0. The number of hydrogen-bond acceptors (Lipinski definition) is 2. The van der Waals surface area contributed by atoms with Gasteiger partial charge in [-0.25, -0.2) is 9.97 Å². The number of fused-ring (bicyclic) bond motifs is 5. The highest BCUT2D eigenvalue weighted by atomic mass is 15.0. The summed E-state index contributed by atoms with van der Waals surface area (Å²) in [5, 5.41) is 5.02. The second-order valence-electron chi connectivity index (χ2n) is 8.99. The van der Waals surface area contributed by atoms with Crippen molar-refractivity contribution >= 4 is 43.6 Å². The van der Waals surface area contributed by atoms with Crippen LogP contribution in [0, 0.1) is 0 Å². The molecule has 0 bridgehead atoms. The van der Waals surface area contributed by atoms with E-state index in [-0.39, 0.29) is 0 Å². The van der Waals surface area contributed by atoms with Gasteiger partial charge in [-0.1, -0.05) is 60.7 Å². The Morgan fingerprint density at radius 3 is 1.47 bits per heavy atom. The molecule has 2 heterocycles. The lowest BCUT2D eigenvalue weighted by atomic mass is 9.94. The van der Waals surface area contributed by atoms with Gasteiger partial charge in [0.05, 0.1) is 34.7 Å². The summed E-state index contributed by atoms with van der Waals surface area (Å²) < 4.78 is 4.19. The minimum Gasteiger partial charge on any atom is -0.333 e. The summed E-state index contributed by atoms with van der Waals surface area (Å²) in [7, 11) is 4.11. The Kier molecular flexibility index (Phi) is 3.94. The summed E-state index contributed by atoms with van der Waals surface area (Å²) in [5.41, 5.74) is 9.21. The first-order valence-corrected chi connectivity index (χ1v) is 11.4. The van der Waals surface area contributed by atoms with Gasteiger partial charge in [-0.3, -0.25) is 0 Å². The second kappa shape index (κ2) is 7.03. The van der Waals surface area contributed by atoms with E-state index in [0.717, 1.165) is 22.1 Å². The summed E-state index contributed by atoms with van der Waals surface area (Å²) in [4.78, 5) is 9.04. The molecular formula is C30H22N4. The van der Waals surface area contributed by atoms with Gasteiger partial charge in [0.1, 0.15) is 0 Å². The molecule has 4 nitrogen and oxygen atoms in total. The van der Waals surface area contributed by atoms with Gasteiger partial charge >= 0.3 is 0 Å². The Morgan fingerprint density at radius 1 is 0.529 bits per heavy atom. The number of benzene rings is 5. The molecule has 0 saturated heterocycles. The quantitative estimate of drug-likeness (QED) is 0.270. The van der Waals surface area contributed by atoms with E-state index in [1.807, 2.05) is 12.7 Å². The van der Waals surface area contributed by atoms with E-state index < -0.39 is 0 Å². The van der Waals surface area contributed by atoms with Crippen molar-refractivity contribution in [1.82, 2.24) is 19.1 Å². The van der Waals surface area contributed by atoms with Crippen LogP contribution in [0.15, 0.2) is 97.6 Å². The molecule has 0 atom stereocenters. The summed E-state index contributed by atoms with van der Waals surface area (Å²) in [6, 6.07) is 30.7. The molecule has 0 fully saturated rings. The molecule has 0 N–H and O–H groups in total. The van der Waals surface area contributed by atoms with Crippen LogP contribution in [-0.2, 0) is 14.1 Å². The normalized spacial score (nSPS) is 11.8. The van der Waals surface area contributed by atoms with Crippen LogP contribution in [0.2, 0.25) is 0 Å². The van der Waals surface area contributed by atoms with Gasteiger partial charge in [0.15, 0.2) is 0 Å². The highest BCUT2D eigenvalue weighted by Gasteiger charge is 2.12. The molecule has 0 saturated carbocycles. The maximum atomic E-state index is 4.52. The fraction of sp³-hybridized carbons (Fsp3) is 0.0667. The van der Waals surface area contributed by atoms with Crippen LogP contribution in [0.3, 0.4) is 0 Å². The molecule has 162 valence electrons. The van der Waals surface area contributed by atoms with Crippen LogP contribution >= 0.6 is 0 Å². The molecule has 2 aromatic heterocycles. The molecule has 0 radical (unpaired) electrons. The summed E-state index contributed by atoms with van der Waals surface area (Å²) >= 11 is 0. The average molecular weight is 439 g/mol. The number of imidazole rings is 2. The van der Waals surface area contributed by atoms with E-state index in [9.17, 15) is 0 Å². The predicted molar refractivity (Wildman–Crippen MR) is 141 cm³/mol. The fourth-order valence-electron chi connectivity index (χ4n) is 5.30. The first-order chi connectivity index (χ1) is 16.7. The van der Waals surface area contributed by atoms with Crippen molar-refractivity contribution in [3.05, 3.63) is 97.6 Å². The second-order valence-corrected chi connectivity index (χ2v) is 8.99. The first kappa shape index (κ1) is 19.1. The Hall–Kier alpha value is -4.44. The summed E-state index contributed by atoms with van der Waals surface area (Å²) in [6.45, 7) is 0. The number of nitrogens with zero attached hydrogens (tertiary/aromatic N) is 4. The third-order valence-corrected chi connectivity index (χ3v) is 6.93. The molecule has 0 unspecified atom stereocenters. The van der Waals surface area contributed by atoms with E-state index in [0.29, 0.717) is 0 Å². The lowest BCUT2D eigenvalue weighted by Crippen LogP contribution is -1.89. The van der Waals surface area contributed by atoms with E-state index in [1.165, 1.54) is 43.8 Å². The minimum absolute atomic E-state index is 1.02. The number of rotatable bonds is 2. The summed E-state index contributed by atoms with van der Waals surface area (Å²) in [6.07, 6.45) is 3.76. The standard InChI is InChI=1S/C30H22N4/c1-33-17-31-27-7-3-5-25(29(27)33)21-11-13-23-19(15-21)9-10-20-16-22(12-14-24(20)23)26-6-4-8-28-30(26)34(2)18-32-28/h3-18H,1-2H3. The largest absolute Gasteiger partial charge is 0.333 e. The molecule has 0 aliphatic carbocycles. The molecule has 0 spiro atoms. The topological polar surface area (TPSA) is 35.6 Å². The van der Waals surface area contributed by atoms with Gasteiger partial charge in [0.2, 0.25) is 0 Å². The molecule has 0 amide bonds. The highest BCUT2D eigenvalue weighted by molar-refractivity contribution is 6.10. The maximum absolute atomic E-state index is 4.52. The zero-order valence-corrected chi connectivity index (χ0v) is 19.0. The van der Waals surface area contributed by atoms with Gasteiger partial charge in [-0.05, 0) is 56.9 Å². The number of aromatic nitrogens is 4. The van der Waals surface area contributed by atoms with Crippen molar-refractivity contribution in [1.29, 1.82) is 0 Å². The third kappa shape index (κ3) is 2.72. The monoisotopic (exact) mass is 438 g/mol. The van der Waals surface area contributed by atoms with Crippen LogP contribution in [0.4, 0.5) is 0 Å². The van der Waals surface area contributed by atoms with E-state index in [4.69, 9.17) is 0 Å². The van der Waals surface area contributed by atoms with Crippen LogP contribution in [0.25, 0.3) is 65.9 Å². The predicted octanol–water partition coefficient (Wildman–Crippen LogP) is 7.10. The van der Waals surface area contributed by atoms with Crippen molar-refractivity contribution in [2.24, 2.45) is 14.1 Å². The van der Waals surface area contributed by atoms with Crippen molar-refractivity contribution in [3.8, 4) is 22.3 Å². The van der Waals surface area contributed by atoms with E-state index >= 15 is 0 Å². The van der Waals surface area contributed by atoms with Crippen molar-refractivity contribution in [2.45, 2.75) is 0 Å². The third-order valence-electron chi connectivity index (χ3n) is 6.93. The Labute approximate surface area is 196 Å². The average Bonchev–Trinajstić information content (AvgIpc) is 3.46. The smallest absolute Gasteiger partial charge is 0.0955 e. The molecule has 4 heteroatoms. The van der Waals surface area contributed by atoms with Crippen molar-refractivity contribution < 1.29 is 0 Å². The van der Waals surface area contributed by atoms with E-state index in [1.54, 1.807) is 0 Å². The number of aryl methyl sites for hydroxylation is 2. The van der Waals surface area contributed by atoms with Crippen molar-refractivity contribution in [3.63, 3.8) is 0 Å². The van der Waals surface area contributed by atoms with Crippen LogP contribution in [0.1, 0.15) is 0 Å². The van der Waals surface area contributed by atoms with E-state index in [2.05, 4.69) is 118 Å². The minimum atomic E-state index is 1.02. The lowest BCUT2D eigenvalue weighted by Gasteiger charge is -2.11. The van der Waals surface area contributed by atoms with Gasteiger partial charge in [0.25, 0.3) is 0 Å². The Balaban J connectivity index is 1.39. The maximum Gasteiger partial charge on any atom is 0.0955 e. The van der Waals surface area contributed by atoms with Gasteiger partial charge in [-0.15, -0.1) is 0 Å². The number of hydrogen-bond donors (Lipinski definition) is 0. The SMILES string of the molecule is Cn1cnc2cccc(-c3ccc4c(ccc5cc(-c6cccc7ncn(C)c67)ccc54)c3)c21. The van der Waals surface area contributed by atoms with Gasteiger partial charge < -0.3 is 9.13 Å². The molecule has 7 rings (SSSR count). The van der Waals surface area contributed by atoms with Gasteiger partial charge in [-0.2, -0.15) is 0 Å². The van der Waals surface area contributed by atoms with Crippen molar-refractivity contribution in [2.75, 3.05) is 0 Å². The molecule has 5 aromatic carbocycles. The fourth-order valence-corrected chi connectivity index (χ4v) is 5.30. The van der Waals surface area contributed by atoms with Gasteiger partial charge in [0, 0.05) is 25.2 Å². The molecule has 34 heavy (non-hydrogen) atoms.